The number of halogens is 1. The van der Waals surface area contributed by atoms with Gasteiger partial charge in [0.25, 0.3) is 0 Å². The SMILES string of the molecule is OC(CNc1ncc(F)cn1)(c1ccccc1)C1CC1. The summed E-state index contributed by atoms with van der Waals surface area (Å²) in [4.78, 5) is 7.69. The maximum atomic E-state index is 12.8. The Kier molecular flexibility index (Phi) is 3.36. The smallest absolute Gasteiger partial charge is 0.222 e. The van der Waals surface area contributed by atoms with Crippen molar-refractivity contribution in [2.45, 2.75) is 18.4 Å². The molecular weight excluding hydrogens is 257 g/mol. The van der Waals surface area contributed by atoms with Gasteiger partial charge in [-0.25, -0.2) is 14.4 Å². The Hall–Kier alpha value is -2.01. The van der Waals surface area contributed by atoms with Crippen molar-refractivity contribution >= 4 is 5.95 Å². The number of aliphatic hydroxyl groups is 1. The van der Waals surface area contributed by atoms with E-state index >= 15 is 0 Å². The molecule has 0 spiro atoms. The fraction of sp³-hybridized carbons (Fsp3) is 0.333. The standard InChI is InChI=1S/C15H16FN3O/c16-13-8-17-14(18-9-13)19-10-15(20,12-6-7-12)11-4-2-1-3-5-11/h1-5,8-9,12,20H,6-7,10H2,(H,17,18,19). The van der Waals surface area contributed by atoms with E-state index < -0.39 is 11.4 Å². The van der Waals surface area contributed by atoms with Crippen molar-refractivity contribution in [2.75, 3.05) is 11.9 Å². The van der Waals surface area contributed by atoms with Crippen LogP contribution < -0.4 is 5.32 Å². The molecule has 5 heteroatoms. The summed E-state index contributed by atoms with van der Waals surface area (Å²) in [6.07, 6.45) is 4.23. The zero-order valence-corrected chi connectivity index (χ0v) is 11.0. The van der Waals surface area contributed by atoms with Gasteiger partial charge >= 0.3 is 0 Å². The number of benzene rings is 1. The normalized spacial score (nSPS) is 17.5. The van der Waals surface area contributed by atoms with Crippen molar-refractivity contribution in [1.82, 2.24) is 9.97 Å². The minimum atomic E-state index is -0.932. The second-order valence-corrected chi connectivity index (χ2v) is 5.14. The summed E-state index contributed by atoms with van der Waals surface area (Å²) in [5.74, 6) is 0.0929. The number of nitrogens with one attached hydrogen (secondary N) is 1. The van der Waals surface area contributed by atoms with E-state index in [0.717, 1.165) is 30.8 Å². The molecule has 1 unspecified atom stereocenters. The Labute approximate surface area is 116 Å². The lowest BCUT2D eigenvalue weighted by Crippen LogP contribution is -2.36. The molecule has 2 aromatic rings. The van der Waals surface area contributed by atoms with E-state index in [4.69, 9.17) is 0 Å². The molecule has 0 aliphatic heterocycles. The first-order valence-electron chi connectivity index (χ1n) is 6.68. The van der Waals surface area contributed by atoms with Gasteiger partial charge in [-0.3, -0.25) is 0 Å². The van der Waals surface area contributed by atoms with Gasteiger partial charge in [0, 0.05) is 0 Å². The first kappa shape index (κ1) is 13.0. The molecule has 104 valence electrons. The molecule has 0 radical (unpaired) electrons. The van der Waals surface area contributed by atoms with E-state index in [9.17, 15) is 9.50 Å². The highest BCUT2D eigenvalue weighted by Crippen LogP contribution is 2.45. The first-order chi connectivity index (χ1) is 9.68. The fourth-order valence-electron chi connectivity index (χ4n) is 2.39. The summed E-state index contributed by atoms with van der Waals surface area (Å²) in [6.45, 7) is 0.313. The predicted octanol–water partition coefficient (Wildman–Crippen LogP) is 2.33. The molecule has 20 heavy (non-hydrogen) atoms. The number of hydrogen-bond acceptors (Lipinski definition) is 4. The number of aromatic nitrogens is 2. The lowest BCUT2D eigenvalue weighted by Gasteiger charge is -2.29. The van der Waals surface area contributed by atoms with Gasteiger partial charge in [0.1, 0.15) is 5.60 Å². The fourth-order valence-corrected chi connectivity index (χ4v) is 2.39. The topological polar surface area (TPSA) is 58.0 Å². The lowest BCUT2D eigenvalue weighted by atomic mass is 9.89. The van der Waals surface area contributed by atoms with E-state index in [-0.39, 0.29) is 5.92 Å². The van der Waals surface area contributed by atoms with Crippen molar-refractivity contribution in [2.24, 2.45) is 5.92 Å². The van der Waals surface area contributed by atoms with E-state index in [1.54, 1.807) is 0 Å². The highest BCUT2D eigenvalue weighted by molar-refractivity contribution is 5.30. The summed E-state index contributed by atoms with van der Waals surface area (Å²) in [6, 6.07) is 9.60. The van der Waals surface area contributed by atoms with Gasteiger partial charge in [-0.05, 0) is 24.3 Å². The van der Waals surface area contributed by atoms with Crippen LogP contribution in [-0.4, -0.2) is 21.6 Å². The average molecular weight is 273 g/mol. The van der Waals surface area contributed by atoms with Gasteiger partial charge < -0.3 is 10.4 Å². The third-order valence-corrected chi connectivity index (χ3v) is 3.66. The van der Waals surface area contributed by atoms with Crippen LogP contribution in [0.2, 0.25) is 0 Å². The molecule has 0 saturated heterocycles. The zero-order valence-electron chi connectivity index (χ0n) is 11.0. The van der Waals surface area contributed by atoms with Crippen molar-refractivity contribution < 1.29 is 9.50 Å². The summed E-state index contributed by atoms with van der Waals surface area (Å²) >= 11 is 0. The lowest BCUT2D eigenvalue weighted by molar-refractivity contribution is 0.0264. The molecule has 3 rings (SSSR count). The van der Waals surface area contributed by atoms with Gasteiger partial charge in [0.05, 0.1) is 18.9 Å². The highest BCUT2D eigenvalue weighted by Gasteiger charge is 2.44. The predicted molar refractivity (Wildman–Crippen MR) is 73.5 cm³/mol. The van der Waals surface area contributed by atoms with Crippen molar-refractivity contribution in [3.8, 4) is 0 Å². The maximum Gasteiger partial charge on any atom is 0.222 e. The molecule has 1 atom stereocenters. The maximum absolute atomic E-state index is 12.8. The van der Waals surface area contributed by atoms with Crippen molar-refractivity contribution in [3.05, 3.63) is 54.1 Å². The van der Waals surface area contributed by atoms with E-state index in [1.165, 1.54) is 0 Å². The molecule has 1 saturated carbocycles. The van der Waals surface area contributed by atoms with Gasteiger partial charge in [0.2, 0.25) is 5.95 Å². The summed E-state index contributed by atoms with van der Waals surface area (Å²) in [7, 11) is 0. The number of anilines is 1. The third-order valence-electron chi connectivity index (χ3n) is 3.66. The van der Waals surface area contributed by atoms with Crippen molar-refractivity contribution in [1.29, 1.82) is 0 Å². The van der Waals surface area contributed by atoms with Crippen LogP contribution in [0.4, 0.5) is 10.3 Å². The number of hydrogen-bond donors (Lipinski definition) is 2. The molecule has 4 nitrogen and oxygen atoms in total. The third kappa shape index (κ3) is 2.63. The minimum absolute atomic E-state index is 0.248. The Morgan fingerprint density at radius 2 is 1.85 bits per heavy atom. The first-order valence-corrected chi connectivity index (χ1v) is 6.68. The molecule has 0 amide bonds. The van der Waals surface area contributed by atoms with Gasteiger partial charge in [-0.15, -0.1) is 0 Å². The van der Waals surface area contributed by atoms with E-state index in [2.05, 4.69) is 15.3 Å². The van der Waals surface area contributed by atoms with Crippen LogP contribution in [0, 0.1) is 11.7 Å². The summed E-state index contributed by atoms with van der Waals surface area (Å²) in [5, 5.41) is 13.9. The number of rotatable bonds is 5. The summed E-state index contributed by atoms with van der Waals surface area (Å²) < 4.78 is 12.8. The molecule has 1 aliphatic carbocycles. The van der Waals surface area contributed by atoms with Crippen LogP contribution >= 0.6 is 0 Å². The van der Waals surface area contributed by atoms with E-state index in [0.29, 0.717) is 12.5 Å². The van der Waals surface area contributed by atoms with E-state index in [1.807, 2.05) is 30.3 Å². The van der Waals surface area contributed by atoms with Crippen LogP contribution in [0.1, 0.15) is 18.4 Å². The minimum Gasteiger partial charge on any atom is -0.383 e. The zero-order chi connectivity index (χ0) is 14.0. The Morgan fingerprint density at radius 1 is 1.20 bits per heavy atom. The second-order valence-electron chi connectivity index (χ2n) is 5.14. The highest BCUT2D eigenvalue weighted by atomic mass is 19.1. The second kappa shape index (κ2) is 5.17. The van der Waals surface area contributed by atoms with Gasteiger partial charge in [0.15, 0.2) is 5.82 Å². The van der Waals surface area contributed by atoms with Crippen LogP contribution in [-0.2, 0) is 5.60 Å². The monoisotopic (exact) mass is 273 g/mol. The van der Waals surface area contributed by atoms with Gasteiger partial charge in [-0.1, -0.05) is 30.3 Å². The molecule has 1 aromatic carbocycles. The average Bonchev–Trinajstić information content (AvgIpc) is 3.32. The molecule has 1 aromatic heterocycles. The largest absolute Gasteiger partial charge is 0.383 e. The number of nitrogens with zero attached hydrogens (tertiary/aromatic N) is 2. The summed E-state index contributed by atoms with van der Waals surface area (Å²) in [5.41, 5.74) is -0.0453. The molecule has 2 N–H and O–H groups in total. The quantitative estimate of drug-likeness (QED) is 0.878. The van der Waals surface area contributed by atoms with Gasteiger partial charge in [-0.2, -0.15) is 0 Å². The molecule has 1 aliphatic rings. The molecule has 1 heterocycles. The van der Waals surface area contributed by atoms with Crippen LogP contribution in [0.5, 0.6) is 0 Å². The van der Waals surface area contributed by atoms with Crippen molar-refractivity contribution in [3.63, 3.8) is 0 Å². The Bertz CT molecular complexity index is 571. The molecule has 0 bridgehead atoms. The Morgan fingerprint density at radius 3 is 2.45 bits per heavy atom. The van der Waals surface area contributed by atoms with Crippen LogP contribution in [0.15, 0.2) is 42.7 Å². The molecule has 1 fully saturated rings. The Balaban J connectivity index is 1.76. The van der Waals surface area contributed by atoms with Crippen LogP contribution in [0.3, 0.4) is 0 Å². The molecular formula is C15H16FN3O. The van der Waals surface area contributed by atoms with Crippen LogP contribution in [0.25, 0.3) is 0 Å².